The van der Waals surface area contributed by atoms with Gasteiger partial charge in [-0.2, -0.15) is 10.1 Å². The van der Waals surface area contributed by atoms with Gasteiger partial charge in [0.25, 0.3) is 0 Å². The average molecular weight is 491 g/mol. The van der Waals surface area contributed by atoms with E-state index in [9.17, 15) is 4.79 Å². The highest BCUT2D eigenvalue weighted by molar-refractivity contribution is 6.34. The third-order valence-electron chi connectivity index (χ3n) is 5.21. The summed E-state index contributed by atoms with van der Waals surface area (Å²) in [5, 5.41) is 26.8. The summed E-state index contributed by atoms with van der Waals surface area (Å²) in [6.07, 6.45) is 1.14. The molecule has 0 saturated heterocycles. The summed E-state index contributed by atoms with van der Waals surface area (Å²) in [4.78, 5) is 17.5. The van der Waals surface area contributed by atoms with Crippen LogP contribution in [0.15, 0.2) is 54.7 Å². The number of nitriles is 1. The summed E-state index contributed by atoms with van der Waals surface area (Å²) in [7, 11) is 1.68. The minimum absolute atomic E-state index is 0.226. The molecule has 2 aromatic heterocycles. The van der Waals surface area contributed by atoms with Crippen molar-refractivity contribution in [2.75, 3.05) is 10.6 Å². The highest BCUT2D eigenvalue weighted by Gasteiger charge is 2.18. The number of tetrazole rings is 1. The summed E-state index contributed by atoms with van der Waals surface area (Å²) in [5.74, 6) is -0.245. The normalized spacial score (nSPS) is 11.5. The number of aromatic nitrogens is 5. The van der Waals surface area contributed by atoms with E-state index >= 15 is 4.39 Å². The van der Waals surface area contributed by atoms with Crippen LogP contribution in [0.3, 0.4) is 0 Å². The molecular weight excluding hydrogens is 471 g/mol. The first-order valence-electron chi connectivity index (χ1n) is 10.6. The number of nitrogens with one attached hydrogen (secondary N) is 2. The quantitative estimate of drug-likeness (QED) is 0.383. The first kappa shape index (κ1) is 23.8. The number of rotatable bonds is 7. The Morgan fingerprint density at radius 3 is 2.69 bits per heavy atom. The Morgan fingerprint density at radius 1 is 1.23 bits per heavy atom. The number of aryl methyl sites for hydroxylation is 1. The van der Waals surface area contributed by atoms with Crippen molar-refractivity contribution in [3.8, 4) is 28.6 Å². The number of hydrogen-bond acceptors (Lipinski definition) is 7. The van der Waals surface area contributed by atoms with Crippen molar-refractivity contribution in [3.05, 3.63) is 71.1 Å². The molecule has 0 fully saturated rings. The van der Waals surface area contributed by atoms with Crippen molar-refractivity contribution in [2.45, 2.75) is 19.4 Å². The lowest BCUT2D eigenvalue weighted by Gasteiger charge is -2.19. The SMILES string of the molecule is CC(Nc1nccc(Cl)c1NC(=O)CC#N)c1ccc(-c2ccccc2-c2nnn(C)n2)cc1F. The molecule has 4 aromatic rings. The first-order chi connectivity index (χ1) is 16.9. The summed E-state index contributed by atoms with van der Waals surface area (Å²) >= 11 is 6.22. The minimum Gasteiger partial charge on any atom is -0.362 e. The number of amides is 1. The third kappa shape index (κ3) is 5.26. The van der Waals surface area contributed by atoms with Gasteiger partial charge in [0.05, 0.1) is 24.2 Å². The molecule has 2 aromatic carbocycles. The van der Waals surface area contributed by atoms with Gasteiger partial charge in [-0.3, -0.25) is 4.79 Å². The molecule has 0 aliphatic rings. The van der Waals surface area contributed by atoms with Gasteiger partial charge in [-0.05, 0) is 35.4 Å². The maximum atomic E-state index is 15.3. The molecule has 35 heavy (non-hydrogen) atoms. The summed E-state index contributed by atoms with van der Waals surface area (Å²) in [5.41, 5.74) is 2.78. The molecule has 1 atom stereocenters. The van der Waals surface area contributed by atoms with E-state index in [1.807, 2.05) is 30.3 Å². The molecule has 2 heterocycles. The van der Waals surface area contributed by atoms with Crippen LogP contribution in [0.2, 0.25) is 5.02 Å². The van der Waals surface area contributed by atoms with E-state index in [-0.39, 0.29) is 22.9 Å². The van der Waals surface area contributed by atoms with E-state index in [0.29, 0.717) is 17.0 Å². The molecule has 9 nitrogen and oxygen atoms in total. The van der Waals surface area contributed by atoms with Crippen molar-refractivity contribution < 1.29 is 9.18 Å². The Kier molecular flexibility index (Phi) is 6.98. The maximum Gasteiger partial charge on any atom is 0.238 e. The smallest absolute Gasteiger partial charge is 0.238 e. The largest absolute Gasteiger partial charge is 0.362 e. The standard InChI is InChI=1S/C24H20ClFN8O/c1-14(29-24-22(19(25)10-12-28-24)30-21(35)9-11-27)16-8-7-15(13-20(16)26)17-5-3-4-6-18(17)23-31-33-34(2)32-23/h3-8,10,12-14H,9H2,1-2H3,(H,28,29)(H,30,35). The molecule has 11 heteroatoms. The number of carbonyl (C=O) groups excluding carboxylic acids is 1. The van der Waals surface area contributed by atoms with Crippen LogP contribution < -0.4 is 10.6 Å². The van der Waals surface area contributed by atoms with Crippen LogP contribution in [0.4, 0.5) is 15.9 Å². The van der Waals surface area contributed by atoms with Crippen molar-refractivity contribution in [2.24, 2.45) is 7.05 Å². The van der Waals surface area contributed by atoms with Gasteiger partial charge in [0.15, 0.2) is 5.82 Å². The molecule has 2 N–H and O–H groups in total. The number of hydrogen-bond donors (Lipinski definition) is 2. The van der Waals surface area contributed by atoms with Gasteiger partial charge in [-0.1, -0.05) is 48.0 Å². The Morgan fingerprint density at radius 2 is 2.00 bits per heavy atom. The van der Waals surface area contributed by atoms with Gasteiger partial charge in [-0.25, -0.2) is 9.37 Å². The van der Waals surface area contributed by atoms with Crippen LogP contribution in [0.5, 0.6) is 0 Å². The molecule has 0 spiro atoms. The van der Waals surface area contributed by atoms with E-state index in [1.165, 1.54) is 23.1 Å². The van der Waals surface area contributed by atoms with Crippen molar-refractivity contribution in [1.29, 1.82) is 5.26 Å². The van der Waals surface area contributed by atoms with Gasteiger partial charge >= 0.3 is 0 Å². The fraction of sp³-hybridized carbons (Fsp3) is 0.167. The highest BCUT2D eigenvalue weighted by atomic mass is 35.5. The summed E-state index contributed by atoms with van der Waals surface area (Å²) in [6.45, 7) is 1.76. The number of nitrogens with zero attached hydrogens (tertiary/aromatic N) is 6. The second kappa shape index (κ2) is 10.3. The summed E-state index contributed by atoms with van der Waals surface area (Å²) < 4.78 is 15.3. The van der Waals surface area contributed by atoms with Crippen LogP contribution in [0, 0.1) is 17.1 Å². The first-order valence-corrected chi connectivity index (χ1v) is 11.0. The van der Waals surface area contributed by atoms with Crippen LogP contribution >= 0.6 is 11.6 Å². The molecule has 4 rings (SSSR count). The van der Waals surface area contributed by atoms with Gasteiger partial charge < -0.3 is 10.6 Å². The fourth-order valence-corrected chi connectivity index (χ4v) is 3.77. The zero-order valence-corrected chi connectivity index (χ0v) is 19.6. The second-order valence-corrected chi connectivity index (χ2v) is 8.06. The zero-order chi connectivity index (χ0) is 24.9. The van der Waals surface area contributed by atoms with Crippen LogP contribution in [0.25, 0.3) is 22.5 Å². The highest BCUT2D eigenvalue weighted by Crippen LogP contribution is 2.34. The Bertz CT molecular complexity index is 1430. The molecule has 0 bridgehead atoms. The van der Waals surface area contributed by atoms with Gasteiger partial charge in [0.1, 0.15) is 17.9 Å². The van der Waals surface area contributed by atoms with E-state index < -0.39 is 17.8 Å². The van der Waals surface area contributed by atoms with E-state index in [4.69, 9.17) is 16.9 Å². The van der Waals surface area contributed by atoms with Crippen molar-refractivity contribution in [3.63, 3.8) is 0 Å². The predicted molar refractivity (Wildman–Crippen MR) is 130 cm³/mol. The van der Waals surface area contributed by atoms with Gasteiger partial charge in [0.2, 0.25) is 11.7 Å². The van der Waals surface area contributed by atoms with E-state index in [2.05, 4.69) is 31.0 Å². The molecule has 1 amide bonds. The topological polar surface area (TPSA) is 121 Å². The second-order valence-electron chi connectivity index (χ2n) is 7.65. The lowest BCUT2D eigenvalue weighted by molar-refractivity contribution is -0.115. The van der Waals surface area contributed by atoms with Gasteiger partial charge in [-0.15, -0.1) is 10.2 Å². The minimum atomic E-state index is -0.523. The van der Waals surface area contributed by atoms with Crippen LogP contribution in [-0.4, -0.2) is 31.1 Å². The molecule has 0 radical (unpaired) electrons. The zero-order valence-electron chi connectivity index (χ0n) is 18.8. The van der Waals surface area contributed by atoms with Crippen molar-refractivity contribution in [1.82, 2.24) is 25.2 Å². The number of benzene rings is 2. The third-order valence-corrected chi connectivity index (χ3v) is 5.53. The van der Waals surface area contributed by atoms with Gasteiger partial charge in [0, 0.05) is 17.3 Å². The molecule has 1 unspecified atom stereocenters. The maximum absolute atomic E-state index is 15.3. The van der Waals surface area contributed by atoms with Crippen molar-refractivity contribution >= 4 is 29.0 Å². The Balaban J connectivity index is 1.61. The molecule has 176 valence electrons. The Hall–Kier alpha value is -4.36. The molecule has 0 saturated carbocycles. The molecule has 0 aliphatic carbocycles. The summed E-state index contributed by atoms with van der Waals surface area (Å²) in [6, 6.07) is 15.2. The average Bonchev–Trinajstić information content (AvgIpc) is 3.27. The molecular formula is C24H20ClFN8O. The van der Waals surface area contributed by atoms with E-state index in [1.54, 1.807) is 26.1 Å². The number of anilines is 2. The van der Waals surface area contributed by atoms with E-state index in [0.717, 1.165) is 11.1 Å². The van der Waals surface area contributed by atoms with Crippen LogP contribution in [0.1, 0.15) is 24.9 Å². The number of pyridine rings is 1. The fourth-order valence-electron chi connectivity index (χ4n) is 3.57. The number of carbonyl (C=O) groups is 1. The monoisotopic (exact) mass is 490 g/mol. The van der Waals surface area contributed by atoms with Crippen LogP contribution in [-0.2, 0) is 11.8 Å². The number of halogens is 2. The predicted octanol–water partition coefficient (Wildman–Crippen LogP) is 4.76. The lowest BCUT2D eigenvalue weighted by Crippen LogP contribution is -2.16. The Labute approximate surface area is 205 Å². The lowest BCUT2D eigenvalue weighted by atomic mass is 9.96. The molecule has 0 aliphatic heterocycles.